The number of anilines is 1. The minimum atomic E-state index is -0.502. The van der Waals surface area contributed by atoms with Gasteiger partial charge in [-0.2, -0.15) is 0 Å². The van der Waals surface area contributed by atoms with E-state index in [2.05, 4.69) is 4.90 Å². The van der Waals surface area contributed by atoms with Crippen LogP contribution in [0.25, 0.3) is 22.3 Å². The summed E-state index contributed by atoms with van der Waals surface area (Å²) in [5, 5.41) is 10.7. The molecule has 1 aliphatic rings. The summed E-state index contributed by atoms with van der Waals surface area (Å²) in [6.07, 6.45) is 3.67. The van der Waals surface area contributed by atoms with Crippen molar-refractivity contribution in [3.05, 3.63) is 46.6 Å². The van der Waals surface area contributed by atoms with Gasteiger partial charge in [-0.15, -0.1) is 0 Å². The highest BCUT2D eigenvalue weighted by atomic mass is 16.5. The third kappa shape index (κ3) is 3.05. The number of rotatable bonds is 4. The predicted octanol–water partition coefficient (Wildman–Crippen LogP) is 4.17. The minimum Gasteiger partial charge on any atom is -0.502 e. The summed E-state index contributed by atoms with van der Waals surface area (Å²) >= 11 is 0. The molecule has 6 heteroatoms. The summed E-state index contributed by atoms with van der Waals surface area (Å²) in [5.41, 5.74) is 1.50. The number of methoxy groups -OCH3 is 2. The van der Waals surface area contributed by atoms with Crippen molar-refractivity contribution in [2.45, 2.75) is 19.3 Å². The van der Waals surface area contributed by atoms with Crippen molar-refractivity contribution in [3.8, 4) is 28.6 Å². The lowest BCUT2D eigenvalue weighted by Gasteiger charge is -2.28. The number of fused-ring (bicyclic) bond motifs is 1. The molecule has 0 unspecified atom stereocenters. The van der Waals surface area contributed by atoms with Gasteiger partial charge in [0.1, 0.15) is 0 Å². The second kappa shape index (κ2) is 7.46. The molecule has 4 rings (SSSR count). The number of benzene rings is 2. The first-order valence-corrected chi connectivity index (χ1v) is 9.40. The van der Waals surface area contributed by atoms with E-state index in [1.165, 1.54) is 33.5 Å². The molecule has 3 aromatic rings. The summed E-state index contributed by atoms with van der Waals surface area (Å²) < 4.78 is 16.6. The molecule has 0 saturated carbocycles. The van der Waals surface area contributed by atoms with Crippen molar-refractivity contribution < 1.29 is 19.0 Å². The maximum atomic E-state index is 12.7. The van der Waals surface area contributed by atoms with Gasteiger partial charge in [0, 0.05) is 24.3 Å². The monoisotopic (exact) mass is 381 g/mol. The lowest BCUT2D eigenvalue weighted by molar-refractivity contribution is 0.352. The molecule has 0 bridgehead atoms. The van der Waals surface area contributed by atoms with Crippen molar-refractivity contribution >= 4 is 16.7 Å². The zero-order valence-electron chi connectivity index (χ0n) is 16.0. The molecule has 2 aromatic carbocycles. The van der Waals surface area contributed by atoms with Gasteiger partial charge in [-0.3, -0.25) is 4.79 Å². The first-order chi connectivity index (χ1) is 13.6. The summed E-state index contributed by atoms with van der Waals surface area (Å²) in [5.74, 6) is 0.484. The van der Waals surface area contributed by atoms with E-state index in [4.69, 9.17) is 13.9 Å². The number of piperidine rings is 1. The van der Waals surface area contributed by atoms with Gasteiger partial charge in [-0.1, -0.05) is 0 Å². The quantitative estimate of drug-likeness (QED) is 0.731. The molecule has 28 heavy (non-hydrogen) atoms. The van der Waals surface area contributed by atoms with Crippen molar-refractivity contribution in [2.24, 2.45) is 0 Å². The molecule has 6 nitrogen and oxygen atoms in total. The van der Waals surface area contributed by atoms with Gasteiger partial charge < -0.3 is 23.9 Å². The Bertz CT molecular complexity index is 1050. The fourth-order valence-electron chi connectivity index (χ4n) is 3.73. The molecule has 1 saturated heterocycles. The Morgan fingerprint density at radius 1 is 0.964 bits per heavy atom. The van der Waals surface area contributed by atoms with E-state index in [0.717, 1.165) is 18.8 Å². The van der Waals surface area contributed by atoms with Gasteiger partial charge in [0.25, 0.3) is 0 Å². The number of aromatic hydroxyl groups is 1. The molecule has 2 heterocycles. The Balaban J connectivity index is 1.81. The number of hydrogen-bond acceptors (Lipinski definition) is 6. The standard InChI is InChI=1S/C22H23NO5/c1-26-17-11-10-16-18(24)19(25)20(28-21(16)22(17)27-2)14-6-8-15(9-7-14)23-12-4-3-5-13-23/h6-11,25H,3-5,12-13H2,1-2H3. The molecule has 1 fully saturated rings. The van der Waals surface area contributed by atoms with E-state index in [-0.39, 0.29) is 16.7 Å². The Morgan fingerprint density at radius 3 is 2.32 bits per heavy atom. The number of hydrogen-bond donors (Lipinski definition) is 1. The van der Waals surface area contributed by atoms with Crippen LogP contribution in [0.1, 0.15) is 19.3 Å². The molecule has 0 amide bonds. The van der Waals surface area contributed by atoms with Crippen molar-refractivity contribution in [1.29, 1.82) is 0 Å². The Hall–Kier alpha value is -3.15. The van der Waals surface area contributed by atoms with Gasteiger partial charge in [-0.05, 0) is 55.7 Å². The normalized spacial score (nSPS) is 14.3. The SMILES string of the molecule is COc1ccc2c(=O)c(O)c(-c3ccc(N4CCCCC4)cc3)oc2c1OC. The highest BCUT2D eigenvalue weighted by molar-refractivity contribution is 5.88. The maximum Gasteiger partial charge on any atom is 0.235 e. The molecular weight excluding hydrogens is 358 g/mol. The molecule has 146 valence electrons. The van der Waals surface area contributed by atoms with Gasteiger partial charge in [0.2, 0.25) is 16.9 Å². The summed E-state index contributed by atoms with van der Waals surface area (Å²) in [6.45, 7) is 2.10. The molecular formula is C22H23NO5. The van der Waals surface area contributed by atoms with Crippen LogP contribution in [0.5, 0.6) is 17.2 Å². The van der Waals surface area contributed by atoms with Gasteiger partial charge in [0.05, 0.1) is 19.6 Å². The molecule has 0 aliphatic carbocycles. The number of nitrogens with zero attached hydrogens (tertiary/aromatic N) is 1. The second-order valence-corrected chi connectivity index (χ2v) is 6.88. The van der Waals surface area contributed by atoms with Crippen molar-refractivity contribution in [2.75, 3.05) is 32.2 Å². The zero-order valence-corrected chi connectivity index (χ0v) is 16.0. The lowest BCUT2D eigenvalue weighted by atomic mass is 10.1. The van der Waals surface area contributed by atoms with E-state index >= 15 is 0 Å². The fourth-order valence-corrected chi connectivity index (χ4v) is 3.73. The van der Waals surface area contributed by atoms with Crippen LogP contribution in [-0.2, 0) is 0 Å². The van der Waals surface area contributed by atoms with Gasteiger partial charge in [0.15, 0.2) is 17.1 Å². The lowest BCUT2D eigenvalue weighted by Crippen LogP contribution is -2.29. The zero-order chi connectivity index (χ0) is 19.7. The van der Waals surface area contributed by atoms with Crippen LogP contribution < -0.4 is 19.8 Å². The smallest absolute Gasteiger partial charge is 0.235 e. The van der Waals surface area contributed by atoms with E-state index in [0.29, 0.717) is 17.1 Å². The van der Waals surface area contributed by atoms with Gasteiger partial charge in [-0.25, -0.2) is 0 Å². The average Bonchev–Trinajstić information content (AvgIpc) is 2.76. The summed E-state index contributed by atoms with van der Waals surface area (Å²) in [7, 11) is 3.00. The van der Waals surface area contributed by atoms with E-state index in [1.807, 2.05) is 24.3 Å². The van der Waals surface area contributed by atoms with Crippen LogP contribution in [0.15, 0.2) is 45.6 Å². The highest BCUT2D eigenvalue weighted by Gasteiger charge is 2.20. The summed E-state index contributed by atoms with van der Waals surface area (Å²) in [4.78, 5) is 15.0. The fraction of sp³-hybridized carbons (Fsp3) is 0.318. The molecule has 1 N–H and O–H groups in total. The Labute approximate surface area is 162 Å². The molecule has 0 radical (unpaired) electrons. The summed E-state index contributed by atoms with van der Waals surface area (Å²) in [6, 6.07) is 10.9. The third-order valence-corrected chi connectivity index (χ3v) is 5.23. The van der Waals surface area contributed by atoms with Crippen molar-refractivity contribution in [3.63, 3.8) is 0 Å². The van der Waals surface area contributed by atoms with Crippen LogP contribution in [0, 0.1) is 0 Å². The first-order valence-electron chi connectivity index (χ1n) is 9.40. The average molecular weight is 381 g/mol. The van der Waals surface area contributed by atoms with Crippen LogP contribution >= 0.6 is 0 Å². The van der Waals surface area contributed by atoms with E-state index in [9.17, 15) is 9.90 Å². The third-order valence-electron chi connectivity index (χ3n) is 5.23. The molecule has 1 aliphatic heterocycles. The molecule has 1 aromatic heterocycles. The number of ether oxygens (including phenoxy) is 2. The molecule has 0 spiro atoms. The van der Waals surface area contributed by atoms with E-state index < -0.39 is 11.2 Å². The van der Waals surface area contributed by atoms with Crippen LogP contribution in [0.2, 0.25) is 0 Å². The Kier molecular flexibility index (Phi) is 4.86. The molecule has 0 atom stereocenters. The topological polar surface area (TPSA) is 72.1 Å². The Morgan fingerprint density at radius 2 is 1.68 bits per heavy atom. The van der Waals surface area contributed by atoms with Crippen LogP contribution in [-0.4, -0.2) is 32.4 Å². The van der Waals surface area contributed by atoms with Crippen molar-refractivity contribution in [1.82, 2.24) is 0 Å². The maximum absolute atomic E-state index is 12.7. The highest BCUT2D eigenvalue weighted by Crippen LogP contribution is 2.39. The van der Waals surface area contributed by atoms with E-state index in [1.54, 1.807) is 12.1 Å². The van der Waals surface area contributed by atoms with Gasteiger partial charge >= 0.3 is 0 Å². The van der Waals surface area contributed by atoms with Crippen LogP contribution in [0.4, 0.5) is 5.69 Å². The van der Waals surface area contributed by atoms with Crippen LogP contribution in [0.3, 0.4) is 0 Å². The second-order valence-electron chi connectivity index (χ2n) is 6.88. The predicted molar refractivity (Wildman–Crippen MR) is 109 cm³/mol. The first kappa shape index (κ1) is 18.2. The minimum absolute atomic E-state index is 0.120. The largest absolute Gasteiger partial charge is 0.502 e.